The molecule has 0 spiro atoms. The van der Waals surface area contributed by atoms with Crippen molar-refractivity contribution in [3.8, 4) is 0 Å². The number of hydrogen-bond acceptors (Lipinski definition) is 3. The first-order valence-corrected chi connectivity index (χ1v) is 10.0. The van der Waals surface area contributed by atoms with Crippen LogP contribution in [0.2, 0.25) is 0 Å². The smallest absolute Gasteiger partial charge is 0.234 e. The van der Waals surface area contributed by atoms with E-state index in [4.69, 9.17) is 0 Å². The van der Waals surface area contributed by atoms with Crippen LogP contribution in [0.5, 0.6) is 0 Å². The maximum atomic E-state index is 12.2. The number of carbonyl (C=O) groups excluding carboxylic acids is 1. The van der Waals surface area contributed by atoms with E-state index in [1.807, 2.05) is 0 Å². The average Bonchev–Trinajstić information content (AvgIpc) is 2.56. The molecule has 2 rings (SSSR count). The molecule has 1 saturated heterocycles. The topological polar surface area (TPSA) is 35.6 Å². The van der Waals surface area contributed by atoms with Crippen molar-refractivity contribution in [1.29, 1.82) is 0 Å². The van der Waals surface area contributed by atoms with Crippen LogP contribution in [0.4, 0.5) is 0 Å². The van der Waals surface area contributed by atoms with E-state index in [1.165, 1.54) is 11.1 Å². The van der Waals surface area contributed by atoms with Crippen LogP contribution in [0.15, 0.2) is 24.3 Å². The minimum absolute atomic E-state index is 0.147. The summed E-state index contributed by atoms with van der Waals surface area (Å²) in [5.41, 5.74) is 2.81. The second-order valence-corrected chi connectivity index (χ2v) is 9.02. The summed E-state index contributed by atoms with van der Waals surface area (Å²) in [4.78, 5) is 16.9. The molecule has 1 heterocycles. The molecule has 0 aromatic heterocycles. The maximum Gasteiger partial charge on any atom is 0.234 e. The number of nitrogens with one attached hydrogen (secondary N) is 1. The lowest BCUT2D eigenvalue weighted by Gasteiger charge is -2.35. The fraction of sp³-hybridized carbons (Fsp3) is 0.682. The Kier molecular flexibility index (Phi) is 7.66. The molecule has 1 aromatic carbocycles. The van der Waals surface area contributed by atoms with Crippen LogP contribution in [0.1, 0.15) is 45.7 Å². The second kappa shape index (κ2) is 9.52. The van der Waals surface area contributed by atoms with E-state index in [9.17, 15) is 4.79 Å². The predicted octanol–water partition coefficient (Wildman–Crippen LogP) is 2.92. The Morgan fingerprint density at radius 3 is 2.15 bits per heavy atom. The molecule has 1 N–H and O–H groups in total. The molecule has 4 heteroatoms. The molecule has 0 radical (unpaired) electrons. The highest BCUT2D eigenvalue weighted by Crippen LogP contribution is 2.22. The quantitative estimate of drug-likeness (QED) is 0.813. The zero-order valence-corrected chi connectivity index (χ0v) is 17.3. The number of carbonyl (C=O) groups is 1. The van der Waals surface area contributed by atoms with Crippen LogP contribution in [-0.4, -0.2) is 61.5 Å². The molecule has 0 aliphatic carbocycles. The van der Waals surface area contributed by atoms with E-state index >= 15 is 0 Å². The highest BCUT2D eigenvalue weighted by molar-refractivity contribution is 5.78. The summed E-state index contributed by atoms with van der Waals surface area (Å²) in [6.45, 7) is 17.7. The summed E-state index contributed by atoms with van der Waals surface area (Å²) < 4.78 is 0. The van der Waals surface area contributed by atoms with Crippen LogP contribution in [0.25, 0.3) is 0 Å². The summed E-state index contributed by atoms with van der Waals surface area (Å²) >= 11 is 0. The average molecular weight is 360 g/mol. The van der Waals surface area contributed by atoms with Gasteiger partial charge in [0.1, 0.15) is 0 Å². The second-order valence-electron chi connectivity index (χ2n) is 9.02. The van der Waals surface area contributed by atoms with E-state index < -0.39 is 0 Å². The molecule has 0 bridgehead atoms. The lowest BCUT2D eigenvalue weighted by atomic mass is 9.86. The molecular weight excluding hydrogens is 322 g/mol. The lowest BCUT2D eigenvalue weighted by Crippen LogP contribution is -2.50. The molecule has 0 atom stereocenters. The molecule has 1 aromatic rings. The normalized spacial score (nSPS) is 16.8. The summed E-state index contributed by atoms with van der Waals surface area (Å²) in [5, 5.41) is 3.07. The number of rotatable bonds is 7. The summed E-state index contributed by atoms with van der Waals surface area (Å²) in [6.07, 6.45) is 0.887. The van der Waals surface area contributed by atoms with Gasteiger partial charge in [-0.15, -0.1) is 0 Å². The van der Waals surface area contributed by atoms with E-state index in [1.54, 1.807) is 0 Å². The molecule has 1 aliphatic rings. The fourth-order valence-electron chi connectivity index (χ4n) is 3.42. The van der Waals surface area contributed by atoms with Gasteiger partial charge >= 0.3 is 0 Å². The highest BCUT2D eigenvalue weighted by atomic mass is 16.2. The number of hydrogen-bond donors (Lipinski definition) is 1. The molecule has 26 heavy (non-hydrogen) atoms. The Hall–Kier alpha value is -1.39. The number of piperazine rings is 1. The first-order chi connectivity index (χ1) is 12.2. The van der Waals surface area contributed by atoms with Crippen LogP contribution in [0, 0.1) is 5.92 Å². The van der Waals surface area contributed by atoms with Gasteiger partial charge in [-0.1, -0.05) is 58.9 Å². The van der Waals surface area contributed by atoms with Gasteiger partial charge in [-0.05, 0) is 28.9 Å². The Morgan fingerprint density at radius 2 is 1.62 bits per heavy atom. The monoisotopic (exact) mass is 359 g/mol. The van der Waals surface area contributed by atoms with Gasteiger partial charge in [0.15, 0.2) is 0 Å². The van der Waals surface area contributed by atoms with Gasteiger partial charge in [-0.2, -0.15) is 0 Å². The van der Waals surface area contributed by atoms with Crippen molar-refractivity contribution < 1.29 is 4.79 Å². The Labute approximate surface area is 159 Å². The van der Waals surface area contributed by atoms with Gasteiger partial charge in [0.05, 0.1) is 6.54 Å². The van der Waals surface area contributed by atoms with Crippen molar-refractivity contribution in [2.45, 2.75) is 46.5 Å². The number of nitrogens with zero attached hydrogens (tertiary/aromatic N) is 2. The van der Waals surface area contributed by atoms with Gasteiger partial charge < -0.3 is 10.2 Å². The van der Waals surface area contributed by atoms with Gasteiger partial charge in [-0.3, -0.25) is 9.69 Å². The number of amides is 1. The van der Waals surface area contributed by atoms with E-state index in [0.29, 0.717) is 19.0 Å². The van der Waals surface area contributed by atoms with Crippen molar-refractivity contribution in [2.24, 2.45) is 5.92 Å². The summed E-state index contributed by atoms with van der Waals surface area (Å²) in [5.74, 6) is 0.857. The molecule has 1 aliphatic heterocycles. The number of benzene rings is 1. The van der Waals surface area contributed by atoms with Crippen LogP contribution >= 0.6 is 0 Å². The third kappa shape index (κ3) is 7.08. The van der Waals surface area contributed by atoms with E-state index in [2.05, 4.69) is 74.0 Å². The maximum absolute atomic E-state index is 12.2. The minimum Gasteiger partial charge on any atom is -0.355 e. The predicted molar refractivity (Wildman–Crippen MR) is 110 cm³/mol. The zero-order chi connectivity index (χ0) is 19.2. The molecular formula is C22H37N3O. The summed E-state index contributed by atoms with van der Waals surface area (Å²) in [7, 11) is 0. The summed E-state index contributed by atoms with van der Waals surface area (Å²) in [6, 6.07) is 8.77. The van der Waals surface area contributed by atoms with E-state index in [-0.39, 0.29) is 11.3 Å². The third-order valence-corrected chi connectivity index (χ3v) is 5.01. The Morgan fingerprint density at radius 1 is 1.04 bits per heavy atom. The van der Waals surface area contributed by atoms with Crippen LogP contribution < -0.4 is 5.32 Å². The first kappa shape index (κ1) is 20.9. The molecule has 1 fully saturated rings. The SMILES string of the molecule is CC(C)CN1CCN(CC(=O)NCCc2ccc(C(C)(C)C)cc2)CC1. The van der Waals surface area contributed by atoms with Gasteiger partial charge in [0, 0.05) is 39.3 Å². The van der Waals surface area contributed by atoms with Gasteiger partial charge in [0.2, 0.25) is 5.91 Å². The van der Waals surface area contributed by atoms with Crippen molar-refractivity contribution in [1.82, 2.24) is 15.1 Å². The third-order valence-electron chi connectivity index (χ3n) is 5.01. The van der Waals surface area contributed by atoms with Crippen molar-refractivity contribution in [3.05, 3.63) is 35.4 Å². The molecule has 0 unspecified atom stereocenters. The van der Waals surface area contributed by atoms with Crippen molar-refractivity contribution in [3.63, 3.8) is 0 Å². The van der Waals surface area contributed by atoms with Gasteiger partial charge in [0.25, 0.3) is 0 Å². The lowest BCUT2D eigenvalue weighted by molar-refractivity contribution is -0.122. The van der Waals surface area contributed by atoms with Crippen molar-refractivity contribution >= 4 is 5.91 Å². The largest absolute Gasteiger partial charge is 0.355 e. The fourth-order valence-corrected chi connectivity index (χ4v) is 3.42. The zero-order valence-electron chi connectivity index (χ0n) is 17.3. The Bertz CT molecular complexity index is 552. The Balaban J connectivity index is 1.65. The molecule has 146 valence electrons. The van der Waals surface area contributed by atoms with E-state index in [0.717, 1.165) is 39.1 Å². The molecule has 1 amide bonds. The van der Waals surface area contributed by atoms with Crippen LogP contribution in [-0.2, 0) is 16.6 Å². The van der Waals surface area contributed by atoms with Crippen molar-refractivity contribution in [2.75, 3.05) is 45.8 Å². The first-order valence-electron chi connectivity index (χ1n) is 10.0. The standard InChI is InChI=1S/C22H37N3O/c1-18(2)16-24-12-14-25(15-13-24)17-21(26)23-11-10-19-6-8-20(9-7-19)22(3,4)5/h6-9,18H,10-17H2,1-5H3,(H,23,26). The van der Waals surface area contributed by atoms with Crippen LogP contribution in [0.3, 0.4) is 0 Å². The molecule has 0 saturated carbocycles. The molecule has 4 nitrogen and oxygen atoms in total. The minimum atomic E-state index is 0.147. The van der Waals surface area contributed by atoms with Gasteiger partial charge in [-0.25, -0.2) is 0 Å². The highest BCUT2D eigenvalue weighted by Gasteiger charge is 2.19.